The Morgan fingerprint density at radius 1 is 1.60 bits per heavy atom. The van der Waals surface area contributed by atoms with E-state index in [1.807, 2.05) is 0 Å². The van der Waals surface area contributed by atoms with Crippen molar-refractivity contribution in [3.63, 3.8) is 0 Å². The molecule has 2 rings (SSSR count). The van der Waals surface area contributed by atoms with Crippen molar-refractivity contribution in [2.75, 3.05) is 0 Å². The summed E-state index contributed by atoms with van der Waals surface area (Å²) in [4.78, 5) is 3.94. The number of hydrogen-bond acceptors (Lipinski definition) is 4. The Labute approximate surface area is 90.9 Å². The summed E-state index contributed by atoms with van der Waals surface area (Å²) in [6.45, 7) is 1.62. The molecule has 0 saturated carbocycles. The third-order valence-electron chi connectivity index (χ3n) is 2.06. The Bertz CT molecular complexity index is 495. The van der Waals surface area contributed by atoms with Crippen LogP contribution in [0.5, 0.6) is 5.75 Å². The second-order valence-corrected chi connectivity index (χ2v) is 3.72. The van der Waals surface area contributed by atoms with E-state index in [0.717, 1.165) is 0 Å². The maximum absolute atomic E-state index is 9.85. The van der Waals surface area contributed by atoms with Gasteiger partial charge in [0.25, 0.3) is 0 Å². The Hall–Kier alpha value is -1.33. The summed E-state index contributed by atoms with van der Waals surface area (Å²) < 4.78 is 1.39. The van der Waals surface area contributed by atoms with Gasteiger partial charge in [-0.2, -0.15) is 5.10 Å². The van der Waals surface area contributed by atoms with Crippen LogP contribution in [0.4, 0.5) is 0 Å². The van der Waals surface area contributed by atoms with Gasteiger partial charge in [0.2, 0.25) is 0 Å². The molecule has 2 N–H and O–H groups in total. The lowest BCUT2D eigenvalue weighted by molar-refractivity contribution is 0.194. The molecule has 2 aromatic rings. The molecule has 0 aliphatic rings. The third kappa shape index (κ3) is 1.75. The quantitative estimate of drug-likeness (QED) is 0.804. The average molecular weight is 228 g/mol. The number of imidazole rings is 1. The van der Waals surface area contributed by atoms with Gasteiger partial charge >= 0.3 is 0 Å². The van der Waals surface area contributed by atoms with Crippen LogP contribution >= 0.6 is 11.6 Å². The number of aliphatic hydroxyl groups is 1. The van der Waals surface area contributed by atoms with Gasteiger partial charge in [0.05, 0.1) is 6.10 Å². The number of aliphatic hydroxyl groups excluding tert-OH is 1. The zero-order chi connectivity index (χ0) is 11.0. The van der Waals surface area contributed by atoms with Gasteiger partial charge in [0.1, 0.15) is 0 Å². The predicted octanol–water partition coefficient (Wildman–Crippen LogP) is 1.01. The van der Waals surface area contributed by atoms with E-state index >= 15 is 0 Å². The summed E-state index contributed by atoms with van der Waals surface area (Å²) in [7, 11) is 0. The average Bonchev–Trinajstić information content (AvgIpc) is 2.59. The van der Waals surface area contributed by atoms with Crippen molar-refractivity contribution in [1.82, 2.24) is 14.6 Å². The van der Waals surface area contributed by atoms with Gasteiger partial charge in [0, 0.05) is 24.4 Å². The van der Waals surface area contributed by atoms with E-state index in [2.05, 4.69) is 10.1 Å². The number of rotatable bonds is 2. The molecule has 1 unspecified atom stereocenters. The molecule has 15 heavy (non-hydrogen) atoms. The van der Waals surface area contributed by atoms with Crippen LogP contribution in [-0.4, -0.2) is 30.9 Å². The molecule has 0 aromatic carbocycles. The molecule has 1 atom stereocenters. The monoisotopic (exact) mass is 227 g/mol. The summed E-state index contributed by atoms with van der Waals surface area (Å²) in [6.07, 6.45) is 2.77. The van der Waals surface area contributed by atoms with E-state index in [0.29, 0.717) is 11.2 Å². The molecular formula is C9H10ClN3O2. The molecule has 6 heteroatoms. The highest BCUT2D eigenvalue weighted by molar-refractivity contribution is 6.30. The van der Waals surface area contributed by atoms with E-state index in [-0.39, 0.29) is 17.3 Å². The van der Waals surface area contributed by atoms with Crippen LogP contribution < -0.4 is 0 Å². The first kappa shape index (κ1) is 10.2. The Morgan fingerprint density at radius 2 is 2.33 bits per heavy atom. The highest BCUT2D eigenvalue weighted by atomic mass is 35.5. The molecule has 0 aliphatic carbocycles. The molecule has 0 spiro atoms. The van der Waals surface area contributed by atoms with Crippen molar-refractivity contribution in [3.8, 4) is 5.75 Å². The predicted molar refractivity (Wildman–Crippen MR) is 55.0 cm³/mol. The topological polar surface area (TPSA) is 70.7 Å². The van der Waals surface area contributed by atoms with Gasteiger partial charge in [-0.25, -0.2) is 9.50 Å². The summed E-state index contributed by atoms with van der Waals surface area (Å²) in [5.41, 5.74) is 0.764. The fraction of sp³-hybridized carbons (Fsp3) is 0.333. The standard InChI is InChI=1S/C9H10ClN3O2/c1-5(14)4-6-7(15)9-11-2-3-13(9)12-8(6)10/h2-3,5,14-15H,4H2,1H3. The number of aromatic hydroxyl groups is 1. The minimum absolute atomic E-state index is 0.0269. The fourth-order valence-corrected chi connectivity index (χ4v) is 1.66. The molecule has 0 aliphatic heterocycles. The summed E-state index contributed by atoms with van der Waals surface area (Å²) in [5, 5.41) is 23.3. The van der Waals surface area contributed by atoms with Crippen LogP contribution in [0.25, 0.3) is 5.65 Å². The molecule has 0 saturated heterocycles. The minimum atomic E-state index is -0.590. The van der Waals surface area contributed by atoms with E-state index in [1.54, 1.807) is 13.1 Å². The number of aromatic nitrogens is 3. The lowest BCUT2D eigenvalue weighted by atomic mass is 10.1. The van der Waals surface area contributed by atoms with E-state index in [1.165, 1.54) is 10.7 Å². The van der Waals surface area contributed by atoms with Gasteiger partial charge < -0.3 is 10.2 Å². The Balaban J connectivity index is 2.61. The second-order valence-electron chi connectivity index (χ2n) is 3.37. The smallest absolute Gasteiger partial charge is 0.196 e. The molecule has 5 nitrogen and oxygen atoms in total. The van der Waals surface area contributed by atoms with Crippen molar-refractivity contribution in [2.45, 2.75) is 19.4 Å². The first-order chi connectivity index (χ1) is 7.09. The largest absolute Gasteiger partial charge is 0.504 e. The molecule has 2 heterocycles. The van der Waals surface area contributed by atoms with Crippen molar-refractivity contribution >= 4 is 17.2 Å². The zero-order valence-corrected chi connectivity index (χ0v) is 8.81. The lowest BCUT2D eigenvalue weighted by Crippen LogP contribution is -2.07. The molecular weight excluding hydrogens is 218 g/mol. The van der Waals surface area contributed by atoms with Crippen molar-refractivity contribution in [2.24, 2.45) is 0 Å². The third-order valence-corrected chi connectivity index (χ3v) is 2.37. The van der Waals surface area contributed by atoms with E-state index in [9.17, 15) is 10.2 Å². The normalized spacial score (nSPS) is 13.3. The number of nitrogens with zero attached hydrogens (tertiary/aromatic N) is 3. The number of hydrogen-bond donors (Lipinski definition) is 2. The van der Waals surface area contributed by atoms with Crippen LogP contribution in [0.2, 0.25) is 5.15 Å². The highest BCUT2D eigenvalue weighted by Gasteiger charge is 2.15. The molecule has 2 aromatic heterocycles. The second kappa shape index (κ2) is 3.67. The molecule has 0 fully saturated rings. The maximum Gasteiger partial charge on any atom is 0.196 e. The molecule has 0 bridgehead atoms. The summed E-state index contributed by atoms with van der Waals surface area (Å²) in [6, 6.07) is 0. The van der Waals surface area contributed by atoms with Crippen LogP contribution in [0.3, 0.4) is 0 Å². The SMILES string of the molecule is CC(O)Cc1c(Cl)nn2ccnc2c1O. The van der Waals surface area contributed by atoms with Crippen LogP contribution in [0.1, 0.15) is 12.5 Å². The summed E-state index contributed by atoms with van der Waals surface area (Å²) >= 11 is 5.88. The lowest BCUT2D eigenvalue weighted by Gasteiger charge is -2.09. The summed E-state index contributed by atoms with van der Waals surface area (Å²) in [5.74, 6) is -0.0269. The molecule has 80 valence electrons. The Morgan fingerprint density at radius 3 is 3.00 bits per heavy atom. The van der Waals surface area contributed by atoms with Gasteiger partial charge in [-0.15, -0.1) is 0 Å². The number of fused-ring (bicyclic) bond motifs is 1. The van der Waals surface area contributed by atoms with E-state index < -0.39 is 6.10 Å². The molecule has 0 radical (unpaired) electrons. The van der Waals surface area contributed by atoms with Crippen LogP contribution in [0, 0.1) is 0 Å². The van der Waals surface area contributed by atoms with Crippen LogP contribution in [-0.2, 0) is 6.42 Å². The van der Waals surface area contributed by atoms with Crippen molar-refractivity contribution < 1.29 is 10.2 Å². The number of halogens is 1. The van der Waals surface area contributed by atoms with Gasteiger partial charge in [-0.05, 0) is 6.92 Å². The highest BCUT2D eigenvalue weighted by Crippen LogP contribution is 2.28. The van der Waals surface area contributed by atoms with Crippen molar-refractivity contribution in [1.29, 1.82) is 0 Å². The van der Waals surface area contributed by atoms with Gasteiger partial charge in [-0.1, -0.05) is 11.6 Å². The zero-order valence-electron chi connectivity index (χ0n) is 8.05. The minimum Gasteiger partial charge on any atom is -0.504 e. The van der Waals surface area contributed by atoms with Crippen LogP contribution in [0.15, 0.2) is 12.4 Å². The first-order valence-electron chi connectivity index (χ1n) is 4.48. The fourth-order valence-electron chi connectivity index (χ4n) is 1.41. The maximum atomic E-state index is 9.85. The first-order valence-corrected chi connectivity index (χ1v) is 4.86. The van der Waals surface area contributed by atoms with E-state index in [4.69, 9.17) is 11.6 Å². The van der Waals surface area contributed by atoms with Crippen molar-refractivity contribution in [3.05, 3.63) is 23.1 Å². The Kier molecular flexibility index (Phi) is 2.50. The van der Waals surface area contributed by atoms with Gasteiger partial charge in [0.15, 0.2) is 16.5 Å². The van der Waals surface area contributed by atoms with Gasteiger partial charge in [-0.3, -0.25) is 0 Å². The molecule has 0 amide bonds.